The summed E-state index contributed by atoms with van der Waals surface area (Å²) in [4.78, 5) is 24.8. The van der Waals surface area contributed by atoms with E-state index in [1.807, 2.05) is 49.4 Å². The summed E-state index contributed by atoms with van der Waals surface area (Å²) < 4.78 is 9.49. The number of carbonyl (C=O) groups is 1. The van der Waals surface area contributed by atoms with Crippen LogP contribution in [0, 0.1) is 0 Å². The Kier molecular flexibility index (Phi) is 5.19. The van der Waals surface area contributed by atoms with E-state index < -0.39 is 0 Å². The van der Waals surface area contributed by atoms with Gasteiger partial charge in [0.05, 0.1) is 24.4 Å². The number of carbonyl (C=O) groups excluding carboxylic acids is 1. The van der Waals surface area contributed by atoms with Gasteiger partial charge in [-0.1, -0.05) is 0 Å². The Labute approximate surface area is 197 Å². The molecule has 8 heteroatoms. The molecule has 0 radical (unpaired) electrons. The number of rotatable bonds is 6. The number of aromatic amines is 1. The number of hydrogen-bond acceptors (Lipinski definition) is 5. The molecule has 1 aliphatic rings. The lowest BCUT2D eigenvalue weighted by molar-refractivity contribution is 0.0371. The fraction of sp³-hybridized carbons (Fsp3) is 0.346. The van der Waals surface area contributed by atoms with E-state index in [9.17, 15) is 4.79 Å². The van der Waals surface area contributed by atoms with Crippen LogP contribution in [0.3, 0.4) is 0 Å². The molecular weight excluding hydrogens is 428 g/mol. The lowest BCUT2D eigenvalue weighted by atomic mass is 10.0. The van der Waals surface area contributed by atoms with Crippen molar-refractivity contribution < 1.29 is 9.53 Å². The van der Waals surface area contributed by atoms with Gasteiger partial charge in [-0.25, -0.2) is 9.97 Å². The monoisotopic (exact) mass is 456 g/mol. The van der Waals surface area contributed by atoms with Gasteiger partial charge in [-0.15, -0.1) is 0 Å². The first-order valence-electron chi connectivity index (χ1n) is 11.8. The predicted molar refractivity (Wildman–Crippen MR) is 133 cm³/mol. The Hall–Kier alpha value is -3.49. The van der Waals surface area contributed by atoms with Crippen LogP contribution in [0.4, 0.5) is 0 Å². The predicted octanol–water partition coefficient (Wildman–Crippen LogP) is 3.90. The van der Waals surface area contributed by atoms with E-state index in [-0.39, 0.29) is 5.78 Å². The molecule has 8 nitrogen and oxygen atoms in total. The molecule has 1 saturated heterocycles. The number of fused-ring (bicyclic) bond motifs is 4. The highest BCUT2D eigenvalue weighted by Crippen LogP contribution is 2.34. The number of aryl methyl sites for hydroxylation is 2. The smallest absolute Gasteiger partial charge is 0.162 e. The third-order valence-electron chi connectivity index (χ3n) is 6.92. The fourth-order valence-corrected chi connectivity index (χ4v) is 5.08. The molecule has 5 aromatic rings. The topological polar surface area (TPSA) is 81.0 Å². The third-order valence-corrected chi connectivity index (χ3v) is 6.92. The van der Waals surface area contributed by atoms with Gasteiger partial charge in [0.2, 0.25) is 0 Å². The first-order chi connectivity index (χ1) is 16.6. The number of nitrogens with one attached hydrogen (secondary N) is 1. The average molecular weight is 457 g/mol. The molecule has 0 saturated carbocycles. The summed E-state index contributed by atoms with van der Waals surface area (Å²) >= 11 is 0. The van der Waals surface area contributed by atoms with E-state index in [4.69, 9.17) is 9.72 Å². The molecule has 6 rings (SSSR count). The second-order valence-electron chi connectivity index (χ2n) is 9.14. The number of ether oxygens (including phenoxy) is 1. The van der Waals surface area contributed by atoms with Crippen LogP contribution >= 0.6 is 0 Å². The number of nitrogens with zero attached hydrogens (tertiary/aromatic N) is 5. The molecule has 1 aliphatic heterocycles. The number of pyridine rings is 1. The summed E-state index contributed by atoms with van der Waals surface area (Å²) in [6.07, 6.45) is 7.30. The molecule has 4 aromatic heterocycles. The number of ketones is 1. The summed E-state index contributed by atoms with van der Waals surface area (Å²) in [5.74, 6) is 0.188. The molecule has 1 aromatic carbocycles. The Balaban J connectivity index is 1.31. The van der Waals surface area contributed by atoms with Gasteiger partial charge in [0.1, 0.15) is 0 Å². The minimum Gasteiger partial charge on any atom is -0.379 e. The second kappa shape index (κ2) is 8.38. The first kappa shape index (κ1) is 21.1. The molecule has 0 bridgehead atoms. The Morgan fingerprint density at radius 3 is 2.85 bits per heavy atom. The van der Waals surface area contributed by atoms with E-state index in [0.29, 0.717) is 6.42 Å². The normalized spacial score (nSPS) is 15.1. The molecule has 0 unspecified atom stereocenters. The van der Waals surface area contributed by atoms with Crippen LogP contribution in [0.2, 0.25) is 0 Å². The average Bonchev–Trinajstić information content (AvgIpc) is 3.54. The van der Waals surface area contributed by atoms with Gasteiger partial charge < -0.3 is 14.4 Å². The Bertz CT molecular complexity index is 1520. The van der Waals surface area contributed by atoms with E-state index in [2.05, 4.69) is 31.8 Å². The van der Waals surface area contributed by atoms with E-state index >= 15 is 0 Å². The van der Waals surface area contributed by atoms with Crippen LogP contribution in [-0.4, -0.2) is 67.8 Å². The molecule has 174 valence electrons. The first-order valence-corrected chi connectivity index (χ1v) is 11.8. The van der Waals surface area contributed by atoms with Crippen molar-refractivity contribution in [3.05, 3.63) is 48.4 Å². The minimum absolute atomic E-state index is 0.188. The second-order valence-corrected chi connectivity index (χ2v) is 9.14. The van der Waals surface area contributed by atoms with Gasteiger partial charge in [0, 0.05) is 85.0 Å². The number of hydrogen-bond donors (Lipinski definition) is 1. The number of Topliss-reactive ketones (excluding diaryl/α,β-unsaturated/α-hetero) is 1. The summed E-state index contributed by atoms with van der Waals surface area (Å²) in [7, 11) is 4.02. The van der Waals surface area contributed by atoms with Gasteiger partial charge in [0.25, 0.3) is 0 Å². The van der Waals surface area contributed by atoms with Crippen molar-refractivity contribution in [1.82, 2.24) is 29.2 Å². The molecular formula is C26H28N6O2. The standard InChI is InChI=1S/C26H28N6O2/c1-30-16-21(22-13-20-25-18(15-28-31(25)2)14-27-26(20)29-22)19-12-17(5-6-23(19)30)24(33)4-3-7-32-8-10-34-11-9-32/h5-6,12-16,28H,3-4,7-11H2,1-2H3. The molecule has 0 aliphatic carbocycles. The van der Waals surface area contributed by atoms with Crippen molar-refractivity contribution >= 4 is 38.6 Å². The lowest BCUT2D eigenvalue weighted by Gasteiger charge is -2.26. The molecule has 0 spiro atoms. The SMILES string of the molecule is Cn1cc(-c2cc3c(ncc4c[nH]n(C)c43)n2)c2cc(C(=O)CCCN3CCOCC3)ccc21. The zero-order chi connectivity index (χ0) is 23.2. The van der Waals surface area contributed by atoms with Crippen molar-refractivity contribution in [3.8, 4) is 11.3 Å². The molecule has 0 atom stereocenters. The van der Waals surface area contributed by atoms with Crippen molar-refractivity contribution in [3.63, 3.8) is 0 Å². The minimum atomic E-state index is 0.188. The number of aromatic nitrogens is 5. The van der Waals surface area contributed by atoms with Crippen LogP contribution in [0.25, 0.3) is 44.1 Å². The number of H-pyrrole nitrogens is 1. The van der Waals surface area contributed by atoms with Crippen molar-refractivity contribution in [2.24, 2.45) is 14.1 Å². The summed E-state index contributed by atoms with van der Waals surface area (Å²) in [5, 5.41) is 6.32. The number of morpholine rings is 1. The van der Waals surface area contributed by atoms with Crippen LogP contribution in [0.15, 0.2) is 42.9 Å². The van der Waals surface area contributed by atoms with Gasteiger partial charge in [-0.05, 0) is 37.2 Å². The molecule has 5 heterocycles. The molecule has 1 fully saturated rings. The van der Waals surface area contributed by atoms with Gasteiger partial charge in [-0.2, -0.15) is 0 Å². The highest BCUT2D eigenvalue weighted by molar-refractivity contribution is 6.07. The molecule has 1 N–H and O–H groups in total. The third kappa shape index (κ3) is 3.59. The van der Waals surface area contributed by atoms with Crippen molar-refractivity contribution in [2.75, 3.05) is 32.8 Å². The summed E-state index contributed by atoms with van der Waals surface area (Å²) in [5.41, 5.74) is 5.54. The van der Waals surface area contributed by atoms with Gasteiger partial charge in [0.15, 0.2) is 11.4 Å². The summed E-state index contributed by atoms with van der Waals surface area (Å²) in [6, 6.07) is 8.12. The maximum absolute atomic E-state index is 13.0. The van der Waals surface area contributed by atoms with Crippen LogP contribution in [-0.2, 0) is 18.8 Å². The summed E-state index contributed by atoms with van der Waals surface area (Å²) in [6.45, 7) is 4.42. The van der Waals surface area contributed by atoms with Gasteiger partial charge in [-0.3, -0.25) is 14.4 Å². The highest BCUT2D eigenvalue weighted by Gasteiger charge is 2.17. The zero-order valence-electron chi connectivity index (χ0n) is 19.5. The van der Waals surface area contributed by atoms with Crippen molar-refractivity contribution in [2.45, 2.75) is 12.8 Å². The Morgan fingerprint density at radius 1 is 1.15 bits per heavy atom. The molecule has 0 amide bonds. The Morgan fingerprint density at radius 2 is 2.00 bits per heavy atom. The largest absolute Gasteiger partial charge is 0.379 e. The molecule has 34 heavy (non-hydrogen) atoms. The van der Waals surface area contributed by atoms with Crippen molar-refractivity contribution in [1.29, 1.82) is 0 Å². The highest BCUT2D eigenvalue weighted by atomic mass is 16.5. The zero-order valence-corrected chi connectivity index (χ0v) is 19.5. The quantitative estimate of drug-likeness (QED) is 0.392. The van der Waals surface area contributed by atoms with Gasteiger partial charge >= 0.3 is 0 Å². The van der Waals surface area contributed by atoms with Crippen LogP contribution in [0.1, 0.15) is 23.2 Å². The fourth-order valence-electron chi connectivity index (χ4n) is 5.08. The van der Waals surface area contributed by atoms with E-state index in [1.165, 1.54) is 0 Å². The maximum Gasteiger partial charge on any atom is 0.162 e. The lowest BCUT2D eigenvalue weighted by Crippen LogP contribution is -2.36. The van der Waals surface area contributed by atoms with Crippen LogP contribution < -0.4 is 0 Å². The maximum atomic E-state index is 13.0. The van der Waals surface area contributed by atoms with E-state index in [1.54, 1.807) is 0 Å². The van der Waals surface area contributed by atoms with E-state index in [0.717, 1.165) is 88.9 Å². The van der Waals surface area contributed by atoms with Crippen LogP contribution in [0.5, 0.6) is 0 Å². The number of benzene rings is 1.